The van der Waals surface area contributed by atoms with Crippen molar-refractivity contribution >= 4 is 11.6 Å². The highest BCUT2D eigenvalue weighted by atomic mass is 19.4. The van der Waals surface area contributed by atoms with Gasteiger partial charge in [-0.15, -0.1) is 13.2 Å². The van der Waals surface area contributed by atoms with Crippen LogP contribution in [0.5, 0.6) is 5.75 Å². The predicted molar refractivity (Wildman–Crippen MR) is 75.5 cm³/mol. The normalized spacial score (nSPS) is 12.4. The predicted octanol–water partition coefficient (Wildman–Crippen LogP) is 2.23. The van der Waals surface area contributed by atoms with Crippen LogP contribution in [0.3, 0.4) is 0 Å². The molecule has 0 saturated heterocycles. The van der Waals surface area contributed by atoms with Crippen LogP contribution in [0.15, 0.2) is 24.3 Å². The minimum atomic E-state index is -4.75. The molecule has 0 aliphatic rings. The van der Waals surface area contributed by atoms with Crippen LogP contribution in [0.4, 0.5) is 18.9 Å². The maximum absolute atomic E-state index is 12.0. The molecule has 124 valence electrons. The molecule has 0 radical (unpaired) electrons. The lowest BCUT2D eigenvalue weighted by Gasteiger charge is -2.24. The largest absolute Gasteiger partial charge is 0.573 e. The molecule has 0 bridgehead atoms. The van der Waals surface area contributed by atoms with Crippen molar-refractivity contribution in [3.8, 4) is 5.75 Å². The Morgan fingerprint density at radius 1 is 1.27 bits per heavy atom. The Morgan fingerprint density at radius 3 is 2.27 bits per heavy atom. The van der Waals surface area contributed by atoms with Crippen molar-refractivity contribution in [2.75, 3.05) is 25.5 Å². The Balaban J connectivity index is 2.51. The molecule has 0 atom stereocenters. The van der Waals surface area contributed by atoms with Gasteiger partial charge in [0, 0.05) is 12.2 Å². The van der Waals surface area contributed by atoms with Crippen LogP contribution < -0.4 is 10.1 Å². The summed E-state index contributed by atoms with van der Waals surface area (Å²) >= 11 is 0. The summed E-state index contributed by atoms with van der Waals surface area (Å²) in [7, 11) is 1.68. The van der Waals surface area contributed by atoms with E-state index in [9.17, 15) is 23.1 Å². The van der Waals surface area contributed by atoms with E-state index in [2.05, 4.69) is 10.1 Å². The minimum Gasteiger partial charge on any atom is -0.406 e. The quantitative estimate of drug-likeness (QED) is 0.844. The number of carbonyl (C=O) groups is 1. The van der Waals surface area contributed by atoms with E-state index in [0.29, 0.717) is 12.2 Å². The molecular weight excluding hydrogens is 301 g/mol. The van der Waals surface area contributed by atoms with Gasteiger partial charge in [0.15, 0.2) is 0 Å². The highest BCUT2D eigenvalue weighted by Gasteiger charge is 2.30. The zero-order chi connectivity index (χ0) is 17.0. The summed E-state index contributed by atoms with van der Waals surface area (Å²) < 4.78 is 39.8. The number of hydrogen-bond donors (Lipinski definition) is 2. The molecule has 2 N–H and O–H groups in total. The Morgan fingerprint density at radius 2 is 1.82 bits per heavy atom. The summed E-state index contributed by atoms with van der Waals surface area (Å²) in [5.41, 5.74) is -0.567. The topological polar surface area (TPSA) is 61.8 Å². The van der Waals surface area contributed by atoms with Gasteiger partial charge in [0.1, 0.15) is 5.75 Å². The van der Waals surface area contributed by atoms with Crippen LogP contribution in [0.1, 0.15) is 13.8 Å². The third kappa shape index (κ3) is 7.84. The number of aliphatic hydroxyl groups is 1. The number of alkyl halides is 3. The lowest BCUT2D eigenvalue weighted by molar-refractivity contribution is -0.274. The van der Waals surface area contributed by atoms with Gasteiger partial charge < -0.3 is 15.2 Å². The molecular formula is C14H19F3N2O3. The van der Waals surface area contributed by atoms with E-state index in [1.807, 2.05) is 0 Å². The van der Waals surface area contributed by atoms with Crippen LogP contribution in [0.2, 0.25) is 0 Å². The fourth-order valence-electron chi connectivity index (χ4n) is 1.90. The molecule has 1 rings (SSSR count). The molecule has 1 aromatic carbocycles. The fraction of sp³-hybridized carbons (Fsp3) is 0.500. The summed E-state index contributed by atoms with van der Waals surface area (Å²) in [5, 5.41) is 12.2. The number of rotatable bonds is 6. The van der Waals surface area contributed by atoms with Gasteiger partial charge in [0.2, 0.25) is 5.91 Å². The number of anilines is 1. The number of likely N-dealkylation sites (N-methyl/N-ethyl adjacent to an activating group) is 1. The summed E-state index contributed by atoms with van der Waals surface area (Å²) in [6, 6.07) is 4.86. The van der Waals surface area contributed by atoms with Gasteiger partial charge >= 0.3 is 6.36 Å². The van der Waals surface area contributed by atoms with Gasteiger partial charge in [-0.1, -0.05) is 0 Å². The van der Waals surface area contributed by atoms with Crippen molar-refractivity contribution in [2.45, 2.75) is 25.8 Å². The van der Waals surface area contributed by atoms with Crippen molar-refractivity contribution in [1.82, 2.24) is 4.90 Å². The van der Waals surface area contributed by atoms with Crippen molar-refractivity contribution in [3.63, 3.8) is 0 Å². The zero-order valence-electron chi connectivity index (χ0n) is 12.6. The first-order chi connectivity index (χ1) is 9.94. The van der Waals surface area contributed by atoms with Gasteiger partial charge in [-0.2, -0.15) is 0 Å². The summed E-state index contributed by atoms with van der Waals surface area (Å²) in [4.78, 5) is 13.4. The maximum Gasteiger partial charge on any atom is 0.573 e. The number of ether oxygens (including phenoxy) is 1. The SMILES string of the molecule is CN(CC(=O)Nc1ccc(OC(F)(F)F)cc1)CC(C)(C)O. The second-order valence-electron chi connectivity index (χ2n) is 5.61. The van der Waals surface area contributed by atoms with E-state index in [1.54, 1.807) is 25.8 Å². The number of carbonyl (C=O) groups excluding carboxylic acids is 1. The van der Waals surface area contributed by atoms with Gasteiger partial charge in [-0.25, -0.2) is 0 Å². The number of benzene rings is 1. The molecule has 0 aliphatic heterocycles. The molecule has 1 amide bonds. The summed E-state index contributed by atoms with van der Waals surface area (Å²) in [6.45, 7) is 3.60. The number of nitrogens with one attached hydrogen (secondary N) is 1. The number of amides is 1. The van der Waals surface area contributed by atoms with E-state index >= 15 is 0 Å². The van der Waals surface area contributed by atoms with E-state index < -0.39 is 12.0 Å². The smallest absolute Gasteiger partial charge is 0.406 e. The standard InChI is InChI=1S/C14H19F3N2O3/c1-13(2,21)9-19(3)8-12(20)18-10-4-6-11(7-5-10)22-14(15,16)17/h4-7,21H,8-9H2,1-3H3,(H,18,20). The Bertz CT molecular complexity index is 496. The van der Waals surface area contributed by atoms with Crippen molar-refractivity contribution in [2.24, 2.45) is 0 Å². The second kappa shape index (κ2) is 6.97. The Hall–Kier alpha value is -1.80. The lowest BCUT2D eigenvalue weighted by Crippen LogP contribution is -2.40. The molecule has 8 heteroatoms. The van der Waals surface area contributed by atoms with E-state index in [0.717, 1.165) is 12.1 Å². The molecule has 0 aliphatic carbocycles. The molecule has 0 saturated carbocycles. The maximum atomic E-state index is 12.0. The van der Waals surface area contributed by atoms with Crippen LogP contribution in [-0.2, 0) is 4.79 Å². The van der Waals surface area contributed by atoms with Crippen LogP contribution in [0.25, 0.3) is 0 Å². The second-order valence-corrected chi connectivity index (χ2v) is 5.61. The van der Waals surface area contributed by atoms with E-state index in [-0.39, 0.29) is 18.2 Å². The van der Waals surface area contributed by atoms with Crippen molar-refractivity contribution < 1.29 is 27.8 Å². The minimum absolute atomic E-state index is 0.0464. The molecule has 0 fully saturated rings. The van der Waals surface area contributed by atoms with E-state index in [1.165, 1.54) is 12.1 Å². The van der Waals surface area contributed by atoms with Gasteiger partial charge in [-0.05, 0) is 45.2 Å². The summed E-state index contributed by atoms with van der Waals surface area (Å²) in [6.07, 6.45) is -4.75. The fourth-order valence-corrected chi connectivity index (χ4v) is 1.90. The average Bonchev–Trinajstić information content (AvgIpc) is 2.26. The monoisotopic (exact) mass is 320 g/mol. The number of nitrogens with zero attached hydrogens (tertiary/aromatic N) is 1. The van der Waals surface area contributed by atoms with Crippen molar-refractivity contribution in [1.29, 1.82) is 0 Å². The Labute approximate surface area is 126 Å². The lowest BCUT2D eigenvalue weighted by atomic mass is 10.1. The number of hydrogen-bond acceptors (Lipinski definition) is 4. The third-order valence-electron chi connectivity index (χ3n) is 2.44. The molecule has 0 unspecified atom stereocenters. The first-order valence-corrected chi connectivity index (χ1v) is 6.51. The van der Waals surface area contributed by atoms with Crippen LogP contribution in [0, 0.1) is 0 Å². The van der Waals surface area contributed by atoms with Crippen LogP contribution in [-0.4, -0.2) is 48.0 Å². The molecule has 0 aromatic heterocycles. The highest BCUT2D eigenvalue weighted by molar-refractivity contribution is 5.92. The van der Waals surface area contributed by atoms with Gasteiger partial charge in [0.05, 0.1) is 12.1 Å². The van der Waals surface area contributed by atoms with Crippen LogP contribution >= 0.6 is 0 Å². The molecule has 0 spiro atoms. The molecule has 0 heterocycles. The molecule has 22 heavy (non-hydrogen) atoms. The molecule has 5 nitrogen and oxygen atoms in total. The van der Waals surface area contributed by atoms with Gasteiger partial charge in [-0.3, -0.25) is 9.69 Å². The Kier molecular flexibility index (Phi) is 5.78. The average molecular weight is 320 g/mol. The van der Waals surface area contributed by atoms with Crippen molar-refractivity contribution in [3.05, 3.63) is 24.3 Å². The first kappa shape index (κ1) is 18.2. The highest BCUT2D eigenvalue weighted by Crippen LogP contribution is 2.23. The molecule has 1 aromatic rings. The summed E-state index contributed by atoms with van der Waals surface area (Å²) in [5.74, 6) is -0.694. The first-order valence-electron chi connectivity index (χ1n) is 6.51. The number of halogens is 3. The zero-order valence-corrected chi connectivity index (χ0v) is 12.6. The third-order valence-corrected chi connectivity index (χ3v) is 2.44. The van der Waals surface area contributed by atoms with E-state index in [4.69, 9.17) is 0 Å². The van der Waals surface area contributed by atoms with Gasteiger partial charge in [0.25, 0.3) is 0 Å².